The van der Waals surface area contributed by atoms with E-state index < -0.39 is 36.8 Å². The average molecular weight is 285 g/mol. The fourth-order valence-electron chi connectivity index (χ4n) is 1.48. The Morgan fingerprint density at radius 2 is 1.79 bits per heavy atom. The molecule has 0 aromatic carbocycles. The van der Waals surface area contributed by atoms with Crippen LogP contribution in [0, 0.1) is 0 Å². The largest absolute Gasteiger partial charge is 0.480 e. The molecule has 8 heteroatoms. The number of aliphatic carboxylic acids is 1. The third kappa shape index (κ3) is 5.91. The summed E-state index contributed by atoms with van der Waals surface area (Å²) in [6.07, 6.45) is -4.73. The van der Waals surface area contributed by atoms with Gasteiger partial charge in [0.1, 0.15) is 12.1 Å². The smallest absolute Gasteiger partial charge is 0.411 e. The molecule has 1 amide bonds. The zero-order valence-electron chi connectivity index (χ0n) is 11.1. The van der Waals surface area contributed by atoms with Gasteiger partial charge >= 0.3 is 12.1 Å². The van der Waals surface area contributed by atoms with Crippen LogP contribution in [0.25, 0.3) is 0 Å². The minimum atomic E-state index is -4.44. The summed E-state index contributed by atoms with van der Waals surface area (Å²) in [5.74, 6) is -1.74. The first-order valence-electron chi connectivity index (χ1n) is 5.70. The fourth-order valence-corrected chi connectivity index (χ4v) is 1.48. The van der Waals surface area contributed by atoms with Crippen molar-refractivity contribution in [2.75, 3.05) is 19.8 Å². The van der Waals surface area contributed by atoms with Crippen LogP contribution in [-0.4, -0.2) is 53.4 Å². The average Bonchev–Trinajstić information content (AvgIpc) is 2.23. The van der Waals surface area contributed by atoms with Crippen molar-refractivity contribution in [1.29, 1.82) is 0 Å². The topological polar surface area (TPSA) is 66.8 Å². The summed E-state index contributed by atoms with van der Waals surface area (Å²) in [4.78, 5) is 23.9. The van der Waals surface area contributed by atoms with Crippen molar-refractivity contribution in [3.63, 3.8) is 0 Å². The Morgan fingerprint density at radius 1 is 1.26 bits per heavy atom. The Balaban J connectivity index is 4.35. The molecular formula is C11H18F3NO4. The number of ether oxygens (including phenoxy) is 1. The molecule has 0 unspecified atom stereocenters. The van der Waals surface area contributed by atoms with Gasteiger partial charge in [-0.15, -0.1) is 0 Å². The number of carbonyl (C=O) groups is 2. The number of rotatable bonds is 7. The maximum atomic E-state index is 11.8. The van der Waals surface area contributed by atoms with Crippen molar-refractivity contribution in [1.82, 2.24) is 4.90 Å². The lowest BCUT2D eigenvalue weighted by Crippen LogP contribution is -2.53. The van der Waals surface area contributed by atoms with E-state index in [4.69, 9.17) is 5.11 Å². The van der Waals surface area contributed by atoms with Crippen molar-refractivity contribution in [3.05, 3.63) is 0 Å². The van der Waals surface area contributed by atoms with Crippen LogP contribution >= 0.6 is 0 Å². The van der Waals surface area contributed by atoms with Crippen LogP contribution < -0.4 is 0 Å². The van der Waals surface area contributed by atoms with Crippen molar-refractivity contribution < 1.29 is 32.6 Å². The molecule has 0 saturated carbocycles. The highest BCUT2D eigenvalue weighted by Crippen LogP contribution is 2.17. The van der Waals surface area contributed by atoms with Gasteiger partial charge in [0.15, 0.2) is 0 Å². The monoisotopic (exact) mass is 285 g/mol. The van der Waals surface area contributed by atoms with E-state index in [1.165, 1.54) is 13.8 Å². The maximum Gasteiger partial charge on any atom is 0.411 e. The Kier molecular flexibility index (Phi) is 6.28. The van der Waals surface area contributed by atoms with Crippen molar-refractivity contribution >= 4 is 11.9 Å². The minimum absolute atomic E-state index is 0.150. The zero-order chi connectivity index (χ0) is 15.3. The predicted molar refractivity (Wildman–Crippen MR) is 60.6 cm³/mol. The number of nitrogens with zero attached hydrogens (tertiary/aromatic N) is 1. The zero-order valence-corrected chi connectivity index (χ0v) is 11.1. The lowest BCUT2D eigenvalue weighted by atomic mass is 10.0. The summed E-state index contributed by atoms with van der Waals surface area (Å²) >= 11 is 0. The van der Waals surface area contributed by atoms with Gasteiger partial charge < -0.3 is 14.7 Å². The van der Waals surface area contributed by atoms with E-state index in [1.54, 1.807) is 6.92 Å². The van der Waals surface area contributed by atoms with Gasteiger partial charge in [0.25, 0.3) is 0 Å². The van der Waals surface area contributed by atoms with E-state index >= 15 is 0 Å². The number of halogens is 3. The van der Waals surface area contributed by atoms with Crippen molar-refractivity contribution in [2.45, 2.75) is 38.9 Å². The second-order valence-corrected chi connectivity index (χ2v) is 4.42. The molecule has 0 rings (SSSR count). The second-order valence-electron chi connectivity index (χ2n) is 4.42. The minimum Gasteiger partial charge on any atom is -0.480 e. The van der Waals surface area contributed by atoms with Gasteiger partial charge in [-0.25, -0.2) is 4.79 Å². The summed E-state index contributed by atoms with van der Waals surface area (Å²) in [5, 5.41) is 9.00. The molecule has 1 N–H and O–H groups in total. The molecule has 0 aliphatic carbocycles. The lowest BCUT2D eigenvalue weighted by Gasteiger charge is -2.34. The Labute approximate surface area is 109 Å². The molecule has 0 aromatic rings. The third-order valence-corrected chi connectivity index (χ3v) is 2.54. The molecule has 19 heavy (non-hydrogen) atoms. The Morgan fingerprint density at radius 3 is 2.16 bits per heavy atom. The van der Waals surface area contributed by atoms with Gasteiger partial charge in [-0.1, -0.05) is 0 Å². The molecule has 0 fully saturated rings. The van der Waals surface area contributed by atoms with Crippen LogP contribution in [0.3, 0.4) is 0 Å². The van der Waals surface area contributed by atoms with E-state index in [1.807, 2.05) is 0 Å². The summed E-state index contributed by atoms with van der Waals surface area (Å²) in [7, 11) is 0. The third-order valence-electron chi connectivity index (χ3n) is 2.54. The van der Waals surface area contributed by atoms with Gasteiger partial charge in [0.2, 0.25) is 5.91 Å². The summed E-state index contributed by atoms with van der Waals surface area (Å²) in [5.41, 5.74) is -1.41. The van der Waals surface area contributed by atoms with E-state index in [9.17, 15) is 22.8 Å². The van der Waals surface area contributed by atoms with E-state index in [0.29, 0.717) is 0 Å². The number of hydrogen-bond acceptors (Lipinski definition) is 3. The molecular weight excluding hydrogens is 267 g/mol. The molecule has 0 aliphatic rings. The van der Waals surface area contributed by atoms with Gasteiger partial charge in [0, 0.05) is 6.54 Å². The molecule has 0 saturated heterocycles. The first-order chi connectivity index (χ1) is 8.52. The lowest BCUT2D eigenvalue weighted by molar-refractivity contribution is -0.176. The molecule has 0 spiro atoms. The van der Waals surface area contributed by atoms with Crippen LogP contribution in [0.4, 0.5) is 13.2 Å². The number of amides is 1. The fraction of sp³-hybridized carbons (Fsp3) is 0.818. The van der Waals surface area contributed by atoms with Crippen molar-refractivity contribution in [2.24, 2.45) is 0 Å². The van der Waals surface area contributed by atoms with Gasteiger partial charge in [-0.2, -0.15) is 13.2 Å². The van der Waals surface area contributed by atoms with Crippen LogP contribution in [0.5, 0.6) is 0 Å². The number of carboxylic acids is 1. The number of alkyl halides is 3. The van der Waals surface area contributed by atoms with Gasteiger partial charge in [0.05, 0.1) is 13.0 Å². The van der Waals surface area contributed by atoms with Crippen LogP contribution in [0.15, 0.2) is 0 Å². The van der Waals surface area contributed by atoms with E-state index in [2.05, 4.69) is 4.74 Å². The quantitative estimate of drug-likeness (QED) is 0.722. The normalized spacial score (nSPS) is 12.3. The Bertz CT molecular complexity index is 328. The molecule has 112 valence electrons. The van der Waals surface area contributed by atoms with Gasteiger partial charge in [-0.05, 0) is 20.8 Å². The number of carbonyl (C=O) groups excluding carboxylic acids is 1. The predicted octanol–water partition coefficient (Wildman–Crippen LogP) is 1.67. The van der Waals surface area contributed by atoms with Crippen LogP contribution in [-0.2, 0) is 14.3 Å². The van der Waals surface area contributed by atoms with E-state index in [0.717, 1.165) is 4.90 Å². The highest BCUT2D eigenvalue weighted by molar-refractivity contribution is 5.86. The highest BCUT2D eigenvalue weighted by atomic mass is 19.4. The summed E-state index contributed by atoms with van der Waals surface area (Å²) in [6.45, 7) is 2.64. The van der Waals surface area contributed by atoms with Crippen molar-refractivity contribution in [3.8, 4) is 0 Å². The van der Waals surface area contributed by atoms with Gasteiger partial charge in [-0.3, -0.25) is 4.79 Å². The number of carboxylic acid groups (broad SMARTS) is 1. The first kappa shape index (κ1) is 17.7. The second kappa shape index (κ2) is 6.74. The molecule has 0 aromatic heterocycles. The first-order valence-corrected chi connectivity index (χ1v) is 5.70. The standard InChI is InChI=1S/C11H18F3NO4/c1-4-15(10(2,3)9(17)18)8(16)5-6-19-7-11(12,13)14/h4-7H2,1-3H3,(H,17,18). The maximum absolute atomic E-state index is 11.8. The summed E-state index contributed by atoms with van der Waals surface area (Å²) in [6, 6.07) is 0. The SMILES string of the molecule is CCN(C(=O)CCOCC(F)(F)F)C(C)(C)C(=O)O. The van der Waals surface area contributed by atoms with Crippen LogP contribution in [0.1, 0.15) is 27.2 Å². The molecule has 0 heterocycles. The molecule has 0 aliphatic heterocycles. The highest BCUT2D eigenvalue weighted by Gasteiger charge is 2.36. The molecule has 0 radical (unpaired) electrons. The number of likely N-dealkylation sites (N-methyl/N-ethyl adjacent to an activating group) is 1. The summed E-state index contributed by atoms with van der Waals surface area (Å²) < 4.78 is 39.7. The molecule has 0 bridgehead atoms. The molecule has 5 nitrogen and oxygen atoms in total. The molecule has 0 atom stereocenters. The Hall–Kier alpha value is -1.31. The number of hydrogen-bond donors (Lipinski definition) is 1. The van der Waals surface area contributed by atoms with E-state index in [-0.39, 0.29) is 13.0 Å². The van der Waals surface area contributed by atoms with Crippen LogP contribution in [0.2, 0.25) is 0 Å².